The number of aromatic nitrogens is 2. The maximum atomic E-state index is 12.5. The number of hydrogen-bond acceptors (Lipinski definition) is 4. The average Bonchev–Trinajstić information content (AvgIpc) is 3.04. The van der Waals surface area contributed by atoms with Crippen molar-refractivity contribution in [3.8, 4) is 5.69 Å². The fraction of sp³-hybridized carbons (Fsp3) is 0.474. The minimum absolute atomic E-state index is 0.0874. The molecule has 136 valence electrons. The van der Waals surface area contributed by atoms with Gasteiger partial charge in [-0.2, -0.15) is 5.10 Å². The number of hydrogen-bond donors (Lipinski definition) is 2. The largest absolute Gasteiger partial charge is 0.383 e. The zero-order valence-electron chi connectivity index (χ0n) is 15.5. The van der Waals surface area contributed by atoms with Crippen molar-refractivity contribution in [3.63, 3.8) is 0 Å². The Hall–Kier alpha value is -2.18. The minimum Gasteiger partial charge on any atom is -0.383 e. The van der Waals surface area contributed by atoms with Gasteiger partial charge in [-0.05, 0) is 25.0 Å². The fourth-order valence-electron chi connectivity index (χ4n) is 2.64. The van der Waals surface area contributed by atoms with Crippen LogP contribution in [0.2, 0.25) is 0 Å². The van der Waals surface area contributed by atoms with Gasteiger partial charge in [-0.3, -0.25) is 4.79 Å². The van der Waals surface area contributed by atoms with E-state index < -0.39 is 0 Å². The van der Waals surface area contributed by atoms with E-state index in [0.717, 1.165) is 17.9 Å². The van der Waals surface area contributed by atoms with Gasteiger partial charge in [0.15, 0.2) is 0 Å². The highest BCUT2D eigenvalue weighted by atomic mass is 16.5. The van der Waals surface area contributed by atoms with E-state index in [1.54, 1.807) is 13.3 Å². The summed E-state index contributed by atoms with van der Waals surface area (Å²) in [6.07, 6.45) is 1.66. The van der Waals surface area contributed by atoms with Gasteiger partial charge < -0.3 is 15.4 Å². The van der Waals surface area contributed by atoms with Gasteiger partial charge in [-0.25, -0.2) is 4.68 Å². The molecule has 2 aromatic rings. The molecule has 6 heteroatoms. The van der Waals surface area contributed by atoms with Gasteiger partial charge in [0.2, 0.25) is 0 Å². The summed E-state index contributed by atoms with van der Waals surface area (Å²) in [5.41, 5.74) is 3.72. The molecule has 0 aliphatic carbocycles. The number of methoxy groups -OCH3 is 1. The lowest BCUT2D eigenvalue weighted by Crippen LogP contribution is -2.33. The summed E-state index contributed by atoms with van der Waals surface area (Å²) in [7, 11) is 1.67. The zero-order valence-corrected chi connectivity index (χ0v) is 15.5. The molecule has 1 aromatic heterocycles. The number of aryl methyl sites for hydroxylation is 1. The lowest BCUT2D eigenvalue weighted by molar-refractivity contribution is 0.0952. The molecule has 0 unspecified atom stereocenters. The third-order valence-electron chi connectivity index (χ3n) is 3.95. The molecular formula is C19H28N4O2. The molecule has 6 nitrogen and oxygen atoms in total. The van der Waals surface area contributed by atoms with E-state index >= 15 is 0 Å². The molecule has 1 heterocycles. The van der Waals surface area contributed by atoms with E-state index in [2.05, 4.69) is 36.5 Å². The molecule has 2 N–H and O–H groups in total. The highest BCUT2D eigenvalue weighted by molar-refractivity contribution is 5.95. The first-order valence-corrected chi connectivity index (χ1v) is 8.67. The van der Waals surface area contributed by atoms with Crippen LogP contribution in [0.5, 0.6) is 0 Å². The Bertz CT molecular complexity index is 677. The lowest BCUT2D eigenvalue weighted by atomic mass is 10.0. The normalized spacial score (nSPS) is 11.1. The Morgan fingerprint density at radius 2 is 1.92 bits per heavy atom. The van der Waals surface area contributed by atoms with Gasteiger partial charge in [-0.1, -0.05) is 31.5 Å². The van der Waals surface area contributed by atoms with Crippen LogP contribution in [0, 0.1) is 6.92 Å². The van der Waals surface area contributed by atoms with Crippen molar-refractivity contribution in [1.29, 1.82) is 0 Å². The predicted molar refractivity (Wildman–Crippen MR) is 99.5 cm³/mol. The van der Waals surface area contributed by atoms with E-state index in [1.165, 1.54) is 5.56 Å². The maximum Gasteiger partial charge on any atom is 0.254 e. The summed E-state index contributed by atoms with van der Waals surface area (Å²) in [6.45, 7) is 8.91. The molecule has 2 rings (SSSR count). The number of ether oxygens (including phenoxy) is 1. The van der Waals surface area contributed by atoms with E-state index in [1.807, 2.05) is 28.9 Å². The van der Waals surface area contributed by atoms with Crippen LogP contribution in [0.3, 0.4) is 0 Å². The standard InChI is InChI=1S/C19H28N4O2/c1-14(2)18-17(19(24)21-10-9-20-11-12-25-4)13-22-23(18)16-7-5-15(3)6-8-16/h5-8,13-14,20H,9-12H2,1-4H3,(H,21,24). The molecular weight excluding hydrogens is 316 g/mol. The second kappa shape index (κ2) is 9.34. The van der Waals surface area contributed by atoms with Gasteiger partial charge in [0, 0.05) is 26.7 Å². The number of carbonyl (C=O) groups excluding carboxylic acids is 1. The summed E-state index contributed by atoms with van der Waals surface area (Å²) in [6, 6.07) is 8.14. The molecule has 25 heavy (non-hydrogen) atoms. The molecule has 0 fully saturated rings. The van der Waals surface area contributed by atoms with E-state index in [0.29, 0.717) is 25.3 Å². The van der Waals surface area contributed by atoms with Crippen molar-refractivity contribution in [2.24, 2.45) is 0 Å². The quantitative estimate of drug-likeness (QED) is 0.685. The Balaban J connectivity index is 2.08. The van der Waals surface area contributed by atoms with Crippen molar-refractivity contribution in [2.45, 2.75) is 26.7 Å². The zero-order chi connectivity index (χ0) is 18.2. The number of benzene rings is 1. The minimum atomic E-state index is -0.0874. The van der Waals surface area contributed by atoms with Gasteiger partial charge in [0.1, 0.15) is 0 Å². The molecule has 1 aromatic carbocycles. The van der Waals surface area contributed by atoms with Crippen LogP contribution in [0.15, 0.2) is 30.5 Å². The van der Waals surface area contributed by atoms with Crippen LogP contribution in [0.25, 0.3) is 5.69 Å². The van der Waals surface area contributed by atoms with Crippen LogP contribution in [0.4, 0.5) is 0 Å². The summed E-state index contributed by atoms with van der Waals surface area (Å²) in [5.74, 6) is 0.0972. The second-order valence-electron chi connectivity index (χ2n) is 6.34. The SMILES string of the molecule is COCCNCCNC(=O)c1cnn(-c2ccc(C)cc2)c1C(C)C. The number of nitrogens with one attached hydrogen (secondary N) is 2. The Labute approximate surface area is 149 Å². The van der Waals surface area contributed by atoms with Gasteiger partial charge in [0.05, 0.1) is 29.7 Å². The molecule has 0 spiro atoms. The number of carbonyl (C=O) groups is 1. The maximum absolute atomic E-state index is 12.5. The molecule has 1 amide bonds. The molecule has 0 saturated heterocycles. The van der Waals surface area contributed by atoms with Crippen molar-refractivity contribution in [2.75, 3.05) is 33.4 Å². The topological polar surface area (TPSA) is 68.2 Å². The van der Waals surface area contributed by atoms with Crippen molar-refractivity contribution < 1.29 is 9.53 Å². The fourth-order valence-corrected chi connectivity index (χ4v) is 2.64. The van der Waals surface area contributed by atoms with Crippen LogP contribution in [0.1, 0.15) is 41.4 Å². The Morgan fingerprint density at radius 3 is 2.56 bits per heavy atom. The van der Waals surface area contributed by atoms with Crippen molar-refractivity contribution in [3.05, 3.63) is 47.3 Å². The van der Waals surface area contributed by atoms with Gasteiger partial charge >= 0.3 is 0 Å². The number of nitrogens with zero attached hydrogens (tertiary/aromatic N) is 2. The molecule has 0 aliphatic heterocycles. The van der Waals surface area contributed by atoms with Crippen molar-refractivity contribution in [1.82, 2.24) is 20.4 Å². The summed E-state index contributed by atoms with van der Waals surface area (Å²) in [4.78, 5) is 12.5. The van der Waals surface area contributed by atoms with Crippen LogP contribution < -0.4 is 10.6 Å². The van der Waals surface area contributed by atoms with Crippen molar-refractivity contribution >= 4 is 5.91 Å². The Kier molecular flexibility index (Phi) is 7.16. The highest BCUT2D eigenvalue weighted by Gasteiger charge is 2.20. The van der Waals surface area contributed by atoms with Gasteiger partial charge in [0.25, 0.3) is 5.91 Å². The number of rotatable bonds is 9. The first kappa shape index (κ1) is 19.1. The monoisotopic (exact) mass is 344 g/mol. The van der Waals surface area contributed by atoms with E-state index in [-0.39, 0.29) is 11.8 Å². The van der Waals surface area contributed by atoms with E-state index in [4.69, 9.17) is 4.74 Å². The van der Waals surface area contributed by atoms with Crippen LogP contribution >= 0.6 is 0 Å². The third kappa shape index (κ3) is 5.14. The molecule has 0 atom stereocenters. The molecule has 0 bridgehead atoms. The summed E-state index contributed by atoms with van der Waals surface area (Å²) >= 11 is 0. The first-order valence-electron chi connectivity index (χ1n) is 8.67. The summed E-state index contributed by atoms with van der Waals surface area (Å²) in [5, 5.41) is 10.6. The van der Waals surface area contributed by atoms with Gasteiger partial charge in [-0.15, -0.1) is 0 Å². The Morgan fingerprint density at radius 1 is 1.20 bits per heavy atom. The highest BCUT2D eigenvalue weighted by Crippen LogP contribution is 2.23. The third-order valence-corrected chi connectivity index (χ3v) is 3.95. The second-order valence-corrected chi connectivity index (χ2v) is 6.34. The van der Waals surface area contributed by atoms with Crippen LogP contribution in [-0.2, 0) is 4.74 Å². The predicted octanol–water partition coefficient (Wildman–Crippen LogP) is 2.27. The molecule has 0 radical (unpaired) electrons. The average molecular weight is 344 g/mol. The summed E-state index contributed by atoms with van der Waals surface area (Å²) < 4.78 is 6.83. The molecule has 0 saturated carbocycles. The van der Waals surface area contributed by atoms with Crippen LogP contribution in [-0.4, -0.2) is 49.0 Å². The smallest absolute Gasteiger partial charge is 0.254 e. The molecule has 0 aliphatic rings. The first-order chi connectivity index (χ1) is 12.0. The number of amides is 1. The lowest BCUT2D eigenvalue weighted by Gasteiger charge is -2.13. The van der Waals surface area contributed by atoms with E-state index in [9.17, 15) is 4.79 Å².